The number of carbonyl (C=O) groups is 1. The van der Waals surface area contributed by atoms with Crippen LogP contribution < -0.4 is 15.6 Å². The molecule has 3 heterocycles. The van der Waals surface area contributed by atoms with Gasteiger partial charge in [0.1, 0.15) is 12.4 Å². The maximum atomic E-state index is 13.7. The Balaban J connectivity index is 1.21. The average Bonchev–Trinajstić information content (AvgIpc) is 3.53. The molecule has 1 aromatic heterocycles. The van der Waals surface area contributed by atoms with Gasteiger partial charge in [-0.2, -0.15) is 0 Å². The molecule has 1 N–H and O–H groups in total. The van der Waals surface area contributed by atoms with Crippen LogP contribution in [0.25, 0.3) is 16.5 Å². The molecule has 0 atom stereocenters. The number of likely N-dealkylation sites (tertiary alicyclic amines) is 1. The molecule has 2 saturated heterocycles. The van der Waals surface area contributed by atoms with E-state index in [2.05, 4.69) is 16.3 Å². The van der Waals surface area contributed by atoms with E-state index < -0.39 is 0 Å². The Labute approximate surface area is 240 Å². The first kappa shape index (κ1) is 27.2. The highest BCUT2D eigenvalue weighted by atomic mass is 16.5. The lowest BCUT2D eigenvalue weighted by Crippen LogP contribution is -2.25. The van der Waals surface area contributed by atoms with Crippen molar-refractivity contribution in [1.82, 2.24) is 9.47 Å². The first-order valence-corrected chi connectivity index (χ1v) is 14.7. The van der Waals surface area contributed by atoms with Gasteiger partial charge in [0.05, 0.1) is 11.1 Å². The Bertz CT molecular complexity index is 1600. The van der Waals surface area contributed by atoms with Crippen molar-refractivity contribution in [2.24, 2.45) is 0 Å². The molecule has 4 aromatic rings. The number of nitrogens with one attached hydrogen (secondary N) is 1. The monoisotopic (exact) mass is 551 g/mol. The number of benzene rings is 3. The molecule has 0 unspecified atom stereocenters. The lowest BCUT2D eigenvalue weighted by molar-refractivity contribution is 0.0853. The van der Waals surface area contributed by atoms with E-state index in [-0.39, 0.29) is 11.5 Å². The number of amides is 1. The highest BCUT2D eigenvalue weighted by Crippen LogP contribution is 2.28. The van der Waals surface area contributed by atoms with Crippen molar-refractivity contribution in [3.05, 3.63) is 100.0 Å². The van der Waals surface area contributed by atoms with Gasteiger partial charge in [-0.3, -0.25) is 19.1 Å². The van der Waals surface area contributed by atoms with Gasteiger partial charge in [0.25, 0.3) is 11.5 Å². The Morgan fingerprint density at radius 3 is 2.66 bits per heavy atom. The fraction of sp³-hybridized carbons (Fsp3) is 0.353. The third kappa shape index (κ3) is 6.21. The summed E-state index contributed by atoms with van der Waals surface area (Å²) in [5.41, 5.74) is 3.97. The number of nitrogens with zero attached hydrogens (tertiary/aromatic N) is 2. The topological polar surface area (TPSA) is 72.8 Å². The molecule has 2 aliphatic rings. The first-order chi connectivity index (χ1) is 20.0. The van der Waals surface area contributed by atoms with E-state index in [0.29, 0.717) is 34.9 Å². The molecular formula is C34H37N3O4. The first-order valence-electron chi connectivity index (χ1n) is 14.7. The summed E-state index contributed by atoms with van der Waals surface area (Å²) >= 11 is 0. The SMILES string of the molecule is Cc1ccc(NC(=O)c2cccc(C3CCOCC3)c2)cc1-n1ccc2ccc(OCCN3CCCC3)cc2c1=O. The smallest absolute Gasteiger partial charge is 0.263 e. The maximum Gasteiger partial charge on any atom is 0.263 e. The number of fused-ring (bicyclic) bond motifs is 1. The zero-order valence-electron chi connectivity index (χ0n) is 23.6. The minimum absolute atomic E-state index is 0.122. The van der Waals surface area contributed by atoms with E-state index in [1.165, 1.54) is 18.4 Å². The van der Waals surface area contributed by atoms with Crippen LogP contribution >= 0.6 is 0 Å². The zero-order valence-corrected chi connectivity index (χ0v) is 23.6. The number of anilines is 1. The second-order valence-electron chi connectivity index (χ2n) is 11.1. The number of pyridine rings is 1. The lowest BCUT2D eigenvalue weighted by atomic mass is 9.90. The molecule has 41 heavy (non-hydrogen) atoms. The van der Waals surface area contributed by atoms with Gasteiger partial charge in [0.2, 0.25) is 0 Å². The molecule has 0 bridgehead atoms. The summed E-state index contributed by atoms with van der Waals surface area (Å²) in [6.07, 6.45) is 6.25. The van der Waals surface area contributed by atoms with Crippen molar-refractivity contribution in [3.63, 3.8) is 0 Å². The van der Waals surface area contributed by atoms with Crippen LogP contribution in [0.1, 0.15) is 53.1 Å². The molecule has 2 aliphatic heterocycles. The molecule has 212 valence electrons. The molecule has 0 aliphatic carbocycles. The van der Waals surface area contributed by atoms with Gasteiger partial charge in [-0.05, 0) is 111 Å². The molecule has 7 heteroatoms. The summed E-state index contributed by atoms with van der Waals surface area (Å²) in [4.78, 5) is 29.3. The van der Waals surface area contributed by atoms with Crippen LogP contribution in [0.2, 0.25) is 0 Å². The van der Waals surface area contributed by atoms with Crippen LogP contribution in [0.4, 0.5) is 5.69 Å². The van der Waals surface area contributed by atoms with E-state index in [9.17, 15) is 9.59 Å². The van der Waals surface area contributed by atoms with E-state index >= 15 is 0 Å². The fourth-order valence-electron chi connectivity index (χ4n) is 5.91. The number of aryl methyl sites for hydroxylation is 1. The Hall–Kier alpha value is -3.94. The van der Waals surface area contributed by atoms with Crippen molar-refractivity contribution in [2.75, 3.05) is 44.8 Å². The van der Waals surface area contributed by atoms with Crippen LogP contribution in [0.3, 0.4) is 0 Å². The van der Waals surface area contributed by atoms with Crippen molar-refractivity contribution >= 4 is 22.4 Å². The van der Waals surface area contributed by atoms with Crippen molar-refractivity contribution in [1.29, 1.82) is 0 Å². The third-order valence-corrected chi connectivity index (χ3v) is 8.32. The van der Waals surface area contributed by atoms with Gasteiger partial charge >= 0.3 is 0 Å². The molecule has 0 radical (unpaired) electrons. The molecule has 3 aromatic carbocycles. The number of hydrogen-bond acceptors (Lipinski definition) is 5. The standard InChI is InChI=1S/C34H37N3O4/c1-24-7-9-29(35-33(38)28-6-4-5-27(21-28)25-12-18-40-19-13-25)22-32(24)37-16-11-26-8-10-30(23-31(26)34(37)39)41-20-17-36-14-2-3-15-36/h4-11,16,21-23,25H,2-3,12-15,17-20H2,1H3,(H,35,38). The fourth-order valence-corrected chi connectivity index (χ4v) is 5.91. The van der Waals surface area contributed by atoms with E-state index in [1.54, 1.807) is 10.8 Å². The Morgan fingerprint density at radius 1 is 1.00 bits per heavy atom. The van der Waals surface area contributed by atoms with Crippen molar-refractivity contribution in [3.8, 4) is 11.4 Å². The quantitative estimate of drug-likeness (QED) is 0.294. The van der Waals surface area contributed by atoms with Crippen LogP contribution in [-0.2, 0) is 4.74 Å². The van der Waals surface area contributed by atoms with Crippen LogP contribution in [0, 0.1) is 6.92 Å². The molecule has 0 saturated carbocycles. The predicted molar refractivity (Wildman–Crippen MR) is 163 cm³/mol. The van der Waals surface area contributed by atoms with Gasteiger partial charge in [-0.1, -0.05) is 24.3 Å². The minimum atomic E-state index is -0.171. The number of ether oxygens (including phenoxy) is 2. The van der Waals surface area contributed by atoms with E-state index in [4.69, 9.17) is 9.47 Å². The van der Waals surface area contributed by atoms with Crippen LogP contribution in [0.15, 0.2) is 77.7 Å². The van der Waals surface area contributed by atoms with Crippen molar-refractivity contribution < 1.29 is 14.3 Å². The second kappa shape index (κ2) is 12.3. The second-order valence-corrected chi connectivity index (χ2v) is 11.1. The van der Waals surface area contributed by atoms with Gasteiger partial charge in [0, 0.05) is 37.2 Å². The Morgan fingerprint density at radius 2 is 1.83 bits per heavy atom. The molecule has 7 nitrogen and oxygen atoms in total. The number of hydrogen-bond donors (Lipinski definition) is 1. The van der Waals surface area contributed by atoms with Gasteiger partial charge in [-0.25, -0.2) is 0 Å². The highest BCUT2D eigenvalue weighted by molar-refractivity contribution is 6.04. The largest absolute Gasteiger partial charge is 0.492 e. The van der Waals surface area contributed by atoms with Gasteiger partial charge < -0.3 is 14.8 Å². The molecule has 6 rings (SSSR count). The molecule has 0 spiro atoms. The summed E-state index contributed by atoms with van der Waals surface area (Å²) in [5, 5.41) is 4.50. The summed E-state index contributed by atoms with van der Waals surface area (Å²) in [7, 11) is 0. The maximum absolute atomic E-state index is 13.7. The number of aromatic nitrogens is 1. The third-order valence-electron chi connectivity index (χ3n) is 8.32. The summed E-state index contributed by atoms with van der Waals surface area (Å²) < 4.78 is 13.1. The highest BCUT2D eigenvalue weighted by Gasteiger charge is 2.18. The summed E-state index contributed by atoms with van der Waals surface area (Å²) in [6, 6.07) is 21.2. The van der Waals surface area contributed by atoms with Gasteiger partial charge in [-0.15, -0.1) is 0 Å². The predicted octanol–water partition coefficient (Wildman–Crippen LogP) is 5.92. The van der Waals surface area contributed by atoms with E-state index in [0.717, 1.165) is 62.3 Å². The van der Waals surface area contributed by atoms with Crippen molar-refractivity contribution in [2.45, 2.75) is 38.5 Å². The lowest BCUT2D eigenvalue weighted by Gasteiger charge is -2.22. The molecule has 2 fully saturated rings. The van der Waals surface area contributed by atoms with E-state index in [1.807, 2.05) is 67.6 Å². The number of rotatable bonds is 8. The van der Waals surface area contributed by atoms with Gasteiger partial charge in [0.15, 0.2) is 0 Å². The molecular weight excluding hydrogens is 514 g/mol. The average molecular weight is 552 g/mol. The zero-order chi connectivity index (χ0) is 28.2. The normalized spacial score (nSPS) is 16.2. The Kier molecular flexibility index (Phi) is 8.16. The minimum Gasteiger partial charge on any atom is -0.492 e. The van der Waals surface area contributed by atoms with Crippen LogP contribution in [-0.4, -0.2) is 54.8 Å². The van der Waals surface area contributed by atoms with Crippen LogP contribution in [0.5, 0.6) is 5.75 Å². The number of carbonyl (C=O) groups excluding carboxylic acids is 1. The molecule has 1 amide bonds. The summed E-state index contributed by atoms with van der Waals surface area (Å²) in [5.74, 6) is 0.945. The summed E-state index contributed by atoms with van der Waals surface area (Å²) in [6.45, 7) is 7.25.